The lowest BCUT2D eigenvalue weighted by Gasteiger charge is -2.35. The Morgan fingerprint density at radius 2 is 1.90 bits per heavy atom. The number of rotatable bonds is 3. The summed E-state index contributed by atoms with van der Waals surface area (Å²) in [4.78, 5) is 53.2. The van der Waals surface area contributed by atoms with Gasteiger partial charge < -0.3 is 5.32 Å². The van der Waals surface area contributed by atoms with Crippen molar-refractivity contribution in [1.29, 1.82) is 0 Å². The van der Waals surface area contributed by atoms with E-state index in [0.717, 1.165) is 42.4 Å². The summed E-state index contributed by atoms with van der Waals surface area (Å²) in [5.74, 6) is -1.08. The molecule has 0 spiro atoms. The fraction of sp³-hybridized carbons (Fsp3) is 0.524. The van der Waals surface area contributed by atoms with Gasteiger partial charge in [-0.05, 0) is 49.9 Å². The molecule has 0 saturated carbocycles. The predicted molar refractivity (Wildman–Crippen MR) is 103 cm³/mol. The van der Waals surface area contributed by atoms with Crippen LogP contribution in [0.15, 0.2) is 18.2 Å². The molecule has 2 N–H and O–H groups in total. The zero-order chi connectivity index (χ0) is 20.1. The molecule has 152 valence electrons. The van der Waals surface area contributed by atoms with E-state index in [2.05, 4.69) is 15.5 Å². The number of fused-ring (bicyclic) bond motifs is 2. The number of amides is 4. The SMILES string of the molecule is O=C1CCC(N2C(=O)c3cccc(CN4CCC5CCNC5C4)c3C2=O)C(=O)N1. The largest absolute Gasteiger partial charge is 0.312 e. The molecular weight excluding hydrogens is 372 g/mol. The molecule has 3 unspecified atom stereocenters. The molecule has 3 fully saturated rings. The molecule has 1 aromatic rings. The number of imide groups is 2. The monoisotopic (exact) mass is 396 g/mol. The molecule has 8 nitrogen and oxygen atoms in total. The summed E-state index contributed by atoms with van der Waals surface area (Å²) < 4.78 is 0. The van der Waals surface area contributed by atoms with Gasteiger partial charge in [0.05, 0.1) is 11.1 Å². The number of nitrogens with zero attached hydrogens (tertiary/aromatic N) is 2. The molecule has 4 heterocycles. The van der Waals surface area contributed by atoms with Gasteiger partial charge in [-0.15, -0.1) is 0 Å². The van der Waals surface area contributed by atoms with E-state index >= 15 is 0 Å². The summed E-state index contributed by atoms with van der Waals surface area (Å²) in [7, 11) is 0. The zero-order valence-corrected chi connectivity index (χ0v) is 16.1. The van der Waals surface area contributed by atoms with Gasteiger partial charge >= 0.3 is 0 Å². The van der Waals surface area contributed by atoms with Gasteiger partial charge in [-0.1, -0.05) is 12.1 Å². The Kier molecular flexibility index (Phi) is 4.48. The Hall–Kier alpha value is -2.58. The van der Waals surface area contributed by atoms with Crippen LogP contribution in [0, 0.1) is 5.92 Å². The lowest BCUT2D eigenvalue weighted by atomic mass is 9.92. The van der Waals surface area contributed by atoms with Crippen molar-refractivity contribution in [3.05, 3.63) is 34.9 Å². The number of benzene rings is 1. The molecule has 4 aliphatic rings. The number of carbonyl (C=O) groups is 4. The van der Waals surface area contributed by atoms with Crippen molar-refractivity contribution in [2.45, 2.75) is 44.3 Å². The summed E-state index contributed by atoms with van der Waals surface area (Å²) >= 11 is 0. The third kappa shape index (κ3) is 3.07. The Morgan fingerprint density at radius 1 is 1.03 bits per heavy atom. The van der Waals surface area contributed by atoms with Crippen LogP contribution in [0.25, 0.3) is 0 Å². The molecule has 29 heavy (non-hydrogen) atoms. The third-order valence-corrected chi connectivity index (χ3v) is 6.71. The predicted octanol–water partition coefficient (Wildman–Crippen LogP) is 0.272. The molecule has 0 aliphatic carbocycles. The summed E-state index contributed by atoms with van der Waals surface area (Å²) in [5, 5.41) is 5.79. The van der Waals surface area contributed by atoms with Gasteiger partial charge in [-0.2, -0.15) is 0 Å². The molecule has 3 saturated heterocycles. The van der Waals surface area contributed by atoms with Crippen LogP contribution in [0.3, 0.4) is 0 Å². The van der Waals surface area contributed by atoms with Crippen LogP contribution in [-0.4, -0.2) is 65.1 Å². The average Bonchev–Trinajstić information content (AvgIpc) is 3.26. The summed E-state index contributed by atoms with van der Waals surface area (Å²) in [5.41, 5.74) is 1.59. The molecule has 8 heteroatoms. The van der Waals surface area contributed by atoms with Gasteiger partial charge in [0.15, 0.2) is 0 Å². The molecule has 0 aromatic heterocycles. The van der Waals surface area contributed by atoms with Crippen LogP contribution in [0.5, 0.6) is 0 Å². The molecule has 4 aliphatic heterocycles. The molecule has 1 aromatic carbocycles. The van der Waals surface area contributed by atoms with Crippen molar-refractivity contribution < 1.29 is 19.2 Å². The van der Waals surface area contributed by atoms with Crippen molar-refractivity contribution >= 4 is 23.6 Å². The highest BCUT2D eigenvalue weighted by molar-refractivity contribution is 6.24. The van der Waals surface area contributed by atoms with E-state index in [9.17, 15) is 19.2 Å². The second-order valence-electron chi connectivity index (χ2n) is 8.42. The summed E-state index contributed by atoms with van der Waals surface area (Å²) in [6.45, 7) is 3.59. The van der Waals surface area contributed by atoms with Crippen LogP contribution < -0.4 is 10.6 Å². The van der Waals surface area contributed by atoms with E-state index in [1.54, 1.807) is 12.1 Å². The maximum atomic E-state index is 13.2. The van der Waals surface area contributed by atoms with E-state index in [-0.39, 0.29) is 18.7 Å². The van der Waals surface area contributed by atoms with E-state index in [1.807, 2.05) is 6.07 Å². The highest BCUT2D eigenvalue weighted by Crippen LogP contribution is 2.32. The van der Waals surface area contributed by atoms with Gasteiger partial charge in [0, 0.05) is 25.6 Å². The fourth-order valence-electron chi connectivity index (χ4n) is 5.20. The third-order valence-electron chi connectivity index (χ3n) is 6.71. The highest BCUT2D eigenvalue weighted by Gasteiger charge is 2.45. The maximum Gasteiger partial charge on any atom is 0.262 e. The lowest BCUT2D eigenvalue weighted by molar-refractivity contribution is -0.136. The second-order valence-corrected chi connectivity index (χ2v) is 8.42. The molecule has 3 atom stereocenters. The first kappa shape index (κ1) is 18.4. The first-order chi connectivity index (χ1) is 14.0. The van der Waals surface area contributed by atoms with E-state index in [4.69, 9.17) is 0 Å². The van der Waals surface area contributed by atoms with Crippen molar-refractivity contribution in [2.24, 2.45) is 5.92 Å². The minimum absolute atomic E-state index is 0.125. The second kappa shape index (κ2) is 7.03. The Labute approximate surface area is 168 Å². The van der Waals surface area contributed by atoms with E-state index in [1.165, 1.54) is 6.42 Å². The highest BCUT2D eigenvalue weighted by atomic mass is 16.2. The molecule has 4 amide bonds. The van der Waals surface area contributed by atoms with E-state index in [0.29, 0.717) is 23.7 Å². The van der Waals surface area contributed by atoms with Crippen molar-refractivity contribution in [2.75, 3.05) is 19.6 Å². The number of carbonyl (C=O) groups excluding carboxylic acids is 4. The normalized spacial score (nSPS) is 29.8. The van der Waals surface area contributed by atoms with Gasteiger partial charge in [0.1, 0.15) is 6.04 Å². The minimum Gasteiger partial charge on any atom is -0.312 e. The summed E-state index contributed by atoms with van der Waals surface area (Å²) in [6.07, 6.45) is 2.67. The van der Waals surface area contributed by atoms with Crippen molar-refractivity contribution in [1.82, 2.24) is 20.4 Å². The number of piperidine rings is 2. The average molecular weight is 396 g/mol. The van der Waals surface area contributed by atoms with Crippen molar-refractivity contribution in [3.63, 3.8) is 0 Å². The quantitative estimate of drug-likeness (QED) is 0.712. The Bertz CT molecular complexity index is 914. The summed E-state index contributed by atoms with van der Waals surface area (Å²) in [6, 6.07) is 4.92. The first-order valence-electron chi connectivity index (χ1n) is 10.3. The van der Waals surface area contributed by atoms with Gasteiger partial charge in [-0.25, -0.2) is 0 Å². The molecule has 0 bridgehead atoms. The standard InChI is InChI=1S/C21H24N4O4/c26-17-5-4-16(19(27)23-17)25-20(28)14-3-1-2-13(18(14)21(25)29)10-24-9-7-12-6-8-22-15(12)11-24/h1-3,12,15-16,22H,4-11H2,(H,23,26,27). The number of likely N-dealkylation sites (tertiary alicyclic amines) is 1. The van der Waals surface area contributed by atoms with Gasteiger partial charge in [0.25, 0.3) is 11.8 Å². The maximum absolute atomic E-state index is 13.2. The van der Waals surface area contributed by atoms with Gasteiger partial charge in [0.2, 0.25) is 11.8 Å². The zero-order valence-electron chi connectivity index (χ0n) is 16.1. The molecule has 0 radical (unpaired) electrons. The van der Waals surface area contributed by atoms with Crippen LogP contribution in [0.2, 0.25) is 0 Å². The van der Waals surface area contributed by atoms with Crippen LogP contribution >= 0.6 is 0 Å². The number of nitrogens with one attached hydrogen (secondary N) is 2. The molecular formula is C21H24N4O4. The van der Waals surface area contributed by atoms with Crippen molar-refractivity contribution in [3.8, 4) is 0 Å². The van der Waals surface area contributed by atoms with Crippen LogP contribution in [0.4, 0.5) is 0 Å². The van der Waals surface area contributed by atoms with Gasteiger partial charge in [-0.3, -0.25) is 34.3 Å². The minimum atomic E-state index is -0.925. The van der Waals surface area contributed by atoms with E-state index < -0.39 is 23.8 Å². The first-order valence-corrected chi connectivity index (χ1v) is 10.3. The lowest BCUT2D eigenvalue weighted by Crippen LogP contribution is -2.54. The molecule has 5 rings (SSSR count). The number of hydrogen-bond acceptors (Lipinski definition) is 6. The topological polar surface area (TPSA) is 98.8 Å². The Morgan fingerprint density at radius 3 is 2.72 bits per heavy atom. The smallest absolute Gasteiger partial charge is 0.262 e. The van der Waals surface area contributed by atoms with Crippen LogP contribution in [-0.2, 0) is 16.1 Å². The van der Waals surface area contributed by atoms with Crippen LogP contribution in [0.1, 0.15) is 52.0 Å². The Balaban J connectivity index is 1.39. The number of hydrogen-bond donors (Lipinski definition) is 2. The fourth-order valence-corrected chi connectivity index (χ4v) is 5.20.